The minimum Gasteiger partial charge on any atom is -0.348 e. The van der Waals surface area contributed by atoms with E-state index in [1.165, 1.54) is 43.4 Å². The first kappa shape index (κ1) is 15.2. The smallest absolute Gasteiger partial charge is 0.120 e. The van der Waals surface area contributed by atoms with E-state index in [2.05, 4.69) is 31.7 Å². The van der Waals surface area contributed by atoms with Crippen LogP contribution in [0.1, 0.15) is 48.8 Å². The van der Waals surface area contributed by atoms with Gasteiger partial charge in [0.2, 0.25) is 0 Å². The molecular weight excluding hydrogens is 274 g/mol. The second-order valence-corrected chi connectivity index (χ2v) is 5.87. The Morgan fingerprint density at radius 2 is 2.14 bits per heavy atom. The van der Waals surface area contributed by atoms with Gasteiger partial charge < -0.3 is 15.6 Å². The van der Waals surface area contributed by atoms with Gasteiger partial charge >= 0.3 is 0 Å². The van der Waals surface area contributed by atoms with E-state index in [-0.39, 0.29) is 0 Å². The molecule has 1 atom stereocenters. The van der Waals surface area contributed by atoms with Crippen molar-refractivity contribution >= 4 is 0 Å². The summed E-state index contributed by atoms with van der Waals surface area (Å²) >= 11 is 0. The van der Waals surface area contributed by atoms with Gasteiger partial charge in [-0.15, -0.1) is 0 Å². The van der Waals surface area contributed by atoms with Crippen LogP contribution in [0.5, 0.6) is 0 Å². The number of aryl methyl sites for hydroxylation is 1. The fourth-order valence-electron chi connectivity index (χ4n) is 3.06. The van der Waals surface area contributed by atoms with Gasteiger partial charge in [0.1, 0.15) is 5.82 Å². The molecule has 0 bridgehead atoms. The van der Waals surface area contributed by atoms with E-state index in [0.29, 0.717) is 6.04 Å². The summed E-state index contributed by atoms with van der Waals surface area (Å²) in [6, 6.07) is 4.71. The lowest BCUT2D eigenvalue weighted by atomic mass is 9.92. The molecular formula is C17H25N5. The van der Waals surface area contributed by atoms with E-state index in [1.54, 1.807) is 6.20 Å². The number of imidazole rings is 1. The Hall–Kier alpha value is -1.72. The van der Waals surface area contributed by atoms with E-state index < -0.39 is 0 Å². The van der Waals surface area contributed by atoms with Gasteiger partial charge in [-0.2, -0.15) is 0 Å². The van der Waals surface area contributed by atoms with Crippen molar-refractivity contribution in [3.05, 3.63) is 47.8 Å². The van der Waals surface area contributed by atoms with Gasteiger partial charge in [-0.25, -0.2) is 4.98 Å². The lowest BCUT2D eigenvalue weighted by Gasteiger charge is -2.25. The van der Waals surface area contributed by atoms with Gasteiger partial charge in [-0.3, -0.25) is 4.98 Å². The molecule has 5 nitrogen and oxygen atoms in total. The molecule has 0 aromatic carbocycles. The average Bonchev–Trinajstić information content (AvgIpc) is 3.07. The highest BCUT2D eigenvalue weighted by Gasteiger charge is 2.20. The first-order valence-corrected chi connectivity index (χ1v) is 8.29. The summed E-state index contributed by atoms with van der Waals surface area (Å²) in [6.45, 7) is 2.91. The van der Waals surface area contributed by atoms with Crippen molar-refractivity contribution in [2.75, 3.05) is 13.1 Å². The molecule has 0 saturated carbocycles. The van der Waals surface area contributed by atoms with E-state index in [1.807, 2.05) is 18.5 Å². The van der Waals surface area contributed by atoms with Crippen molar-refractivity contribution < 1.29 is 0 Å². The lowest BCUT2D eigenvalue weighted by molar-refractivity contribution is 0.439. The predicted octanol–water partition coefficient (Wildman–Crippen LogP) is 2.34. The summed E-state index contributed by atoms with van der Waals surface area (Å²) in [5.74, 6) is 1.00. The second kappa shape index (κ2) is 8.06. The van der Waals surface area contributed by atoms with Crippen molar-refractivity contribution in [1.29, 1.82) is 0 Å². The quantitative estimate of drug-likeness (QED) is 0.655. The van der Waals surface area contributed by atoms with Crippen LogP contribution in [0.15, 0.2) is 30.7 Å². The van der Waals surface area contributed by atoms with Crippen LogP contribution in [0, 0.1) is 0 Å². The molecule has 1 aliphatic carbocycles. The number of nitrogens with one attached hydrogen (secondary N) is 3. The Morgan fingerprint density at radius 3 is 3.05 bits per heavy atom. The van der Waals surface area contributed by atoms with Gasteiger partial charge in [0.15, 0.2) is 0 Å². The van der Waals surface area contributed by atoms with Crippen LogP contribution in [0.3, 0.4) is 0 Å². The topological polar surface area (TPSA) is 65.6 Å². The minimum absolute atomic E-state index is 0.445. The summed E-state index contributed by atoms with van der Waals surface area (Å²) in [5.41, 5.74) is 2.69. The normalized spacial score (nSPS) is 17.4. The number of fused-ring (bicyclic) bond motifs is 1. The highest BCUT2D eigenvalue weighted by molar-refractivity contribution is 5.25. The maximum absolute atomic E-state index is 4.57. The van der Waals surface area contributed by atoms with Crippen molar-refractivity contribution in [3.8, 4) is 0 Å². The van der Waals surface area contributed by atoms with Crippen molar-refractivity contribution in [2.45, 2.75) is 44.7 Å². The van der Waals surface area contributed by atoms with E-state index in [4.69, 9.17) is 0 Å². The Labute approximate surface area is 132 Å². The average molecular weight is 299 g/mol. The third-order valence-corrected chi connectivity index (χ3v) is 4.21. The third-order valence-electron chi connectivity index (χ3n) is 4.21. The zero-order valence-electron chi connectivity index (χ0n) is 13.0. The molecule has 1 unspecified atom stereocenters. The number of hydrogen-bond donors (Lipinski definition) is 3. The van der Waals surface area contributed by atoms with Gasteiger partial charge in [-0.1, -0.05) is 6.07 Å². The molecule has 2 heterocycles. The Bertz CT molecular complexity index is 552. The summed E-state index contributed by atoms with van der Waals surface area (Å²) < 4.78 is 0. The molecule has 3 rings (SSSR count). The monoisotopic (exact) mass is 299 g/mol. The number of rotatable bonds is 8. The molecule has 3 N–H and O–H groups in total. The van der Waals surface area contributed by atoms with Crippen molar-refractivity contribution in [2.24, 2.45) is 0 Å². The number of aromatic nitrogens is 3. The zero-order valence-corrected chi connectivity index (χ0v) is 13.0. The summed E-state index contributed by atoms with van der Waals surface area (Å²) in [5, 5.41) is 7.08. The lowest BCUT2D eigenvalue weighted by Crippen LogP contribution is -2.27. The standard InChI is InChI=1S/C17H25N5/c1(8-18-13-16-20-11-12-21-16)2-9-19-15-7-3-5-14-6-4-10-22-17(14)15/h4,6,10-12,15,18-19H,1-3,5,7-9,13H2,(H,20,21). The Kier molecular flexibility index (Phi) is 5.56. The number of aromatic amines is 1. The van der Waals surface area contributed by atoms with Crippen LogP contribution in [0.4, 0.5) is 0 Å². The molecule has 22 heavy (non-hydrogen) atoms. The van der Waals surface area contributed by atoms with Crippen molar-refractivity contribution in [3.63, 3.8) is 0 Å². The maximum Gasteiger partial charge on any atom is 0.120 e. The summed E-state index contributed by atoms with van der Waals surface area (Å²) in [7, 11) is 0. The third kappa shape index (κ3) is 4.15. The Morgan fingerprint density at radius 1 is 1.18 bits per heavy atom. The number of nitrogens with zero attached hydrogens (tertiary/aromatic N) is 2. The molecule has 0 saturated heterocycles. The van der Waals surface area contributed by atoms with Crippen LogP contribution in [0.25, 0.3) is 0 Å². The fraction of sp³-hybridized carbons (Fsp3) is 0.529. The highest BCUT2D eigenvalue weighted by atomic mass is 15.0. The van der Waals surface area contributed by atoms with Crippen molar-refractivity contribution in [1.82, 2.24) is 25.6 Å². The van der Waals surface area contributed by atoms with Gasteiger partial charge in [0.25, 0.3) is 0 Å². The summed E-state index contributed by atoms with van der Waals surface area (Å²) in [6.07, 6.45) is 11.6. The molecule has 0 aliphatic heterocycles. The first-order chi connectivity index (χ1) is 10.9. The van der Waals surface area contributed by atoms with Crippen LogP contribution in [0.2, 0.25) is 0 Å². The molecule has 118 valence electrons. The zero-order chi connectivity index (χ0) is 15.0. The van der Waals surface area contributed by atoms with Crippen LogP contribution in [-0.4, -0.2) is 28.0 Å². The highest BCUT2D eigenvalue weighted by Crippen LogP contribution is 2.27. The van der Waals surface area contributed by atoms with Gasteiger partial charge in [0, 0.05) is 24.6 Å². The van der Waals surface area contributed by atoms with E-state index in [0.717, 1.165) is 25.5 Å². The largest absolute Gasteiger partial charge is 0.348 e. The van der Waals surface area contributed by atoms with Crippen LogP contribution in [-0.2, 0) is 13.0 Å². The molecule has 0 spiro atoms. The first-order valence-electron chi connectivity index (χ1n) is 8.29. The fourth-order valence-corrected chi connectivity index (χ4v) is 3.06. The van der Waals surface area contributed by atoms with E-state index in [9.17, 15) is 0 Å². The maximum atomic E-state index is 4.57. The molecule has 0 amide bonds. The number of hydrogen-bond acceptors (Lipinski definition) is 4. The molecule has 1 aliphatic rings. The molecule has 0 fully saturated rings. The SMILES string of the molecule is c1cnc2c(c1)CCCC2NCCCCNCc1ncc[nH]1. The Balaban J connectivity index is 1.31. The molecule has 5 heteroatoms. The van der Waals surface area contributed by atoms with Crippen LogP contribution < -0.4 is 10.6 Å². The number of H-pyrrole nitrogens is 1. The van der Waals surface area contributed by atoms with Gasteiger partial charge in [-0.05, 0) is 56.8 Å². The number of unbranched alkanes of at least 4 members (excludes halogenated alkanes) is 1. The molecule has 2 aromatic rings. The molecule has 2 aromatic heterocycles. The van der Waals surface area contributed by atoms with Crippen LogP contribution >= 0.6 is 0 Å². The minimum atomic E-state index is 0.445. The summed E-state index contributed by atoms with van der Waals surface area (Å²) in [4.78, 5) is 11.9. The second-order valence-electron chi connectivity index (χ2n) is 5.87. The molecule has 0 radical (unpaired) electrons. The predicted molar refractivity (Wildman–Crippen MR) is 87.4 cm³/mol. The number of pyridine rings is 1. The van der Waals surface area contributed by atoms with Gasteiger partial charge in [0.05, 0.1) is 12.2 Å². The van der Waals surface area contributed by atoms with E-state index >= 15 is 0 Å².